The zero-order chi connectivity index (χ0) is 15.4. The summed E-state index contributed by atoms with van der Waals surface area (Å²) in [5, 5.41) is 25.0. The summed E-state index contributed by atoms with van der Waals surface area (Å²) in [5.74, 6) is 0.647. The van der Waals surface area contributed by atoms with Gasteiger partial charge in [-0.1, -0.05) is 26.2 Å². The molecule has 0 bridgehead atoms. The van der Waals surface area contributed by atoms with Gasteiger partial charge in [-0.2, -0.15) is 0 Å². The fraction of sp³-hybridized carbons (Fsp3) is 0.571. The quantitative estimate of drug-likeness (QED) is 0.656. The Kier molecular flexibility index (Phi) is 4.72. The monoisotopic (exact) mass is 293 g/mol. The second-order valence-electron chi connectivity index (χ2n) is 5.50. The number of nitro benzene ring substituents is 2. The first-order valence-corrected chi connectivity index (χ1v) is 7.20. The van der Waals surface area contributed by atoms with E-state index >= 15 is 0 Å². The van der Waals surface area contributed by atoms with Crippen molar-refractivity contribution in [3.63, 3.8) is 0 Å². The maximum Gasteiger partial charge on any atom is 0.299 e. The van der Waals surface area contributed by atoms with Gasteiger partial charge in [-0.25, -0.2) is 0 Å². The van der Waals surface area contributed by atoms with Gasteiger partial charge in [-0.3, -0.25) is 20.2 Å². The van der Waals surface area contributed by atoms with Crippen LogP contribution in [0.25, 0.3) is 0 Å². The van der Waals surface area contributed by atoms with E-state index in [0.29, 0.717) is 11.6 Å². The molecular weight excluding hydrogens is 274 g/mol. The minimum atomic E-state index is -0.621. The number of hydrogen-bond acceptors (Lipinski definition) is 5. The van der Waals surface area contributed by atoms with Gasteiger partial charge in [-0.05, 0) is 24.8 Å². The zero-order valence-corrected chi connectivity index (χ0v) is 11.9. The Morgan fingerprint density at radius 2 is 2.00 bits per heavy atom. The van der Waals surface area contributed by atoms with Crippen LogP contribution in [0, 0.1) is 26.1 Å². The first-order chi connectivity index (χ1) is 10.0. The Bertz CT molecular complexity index is 547. The molecule has 7 nitrogen and oxygen atoms in total. The lowest BCUT2D eigenvalue weighted by Gasteiger charge is -2.29. The van der Waals surface area contributed by atoms with Gasteiger partial charge in [0.1, 0.15) is 5.69 Å². The molecule has 7 heteroatoms. The molecule has 1 aromatic carbocycles. The molecule has 0 heterocycles. The first-order valence-electron chi connectivity index (χ1n) is 7.20. The highest BCUT2D eigenvalue weighted by Gasteiger charge is 2.25. The second-order valence-corrected chi connectivity index (χ2v) is 5.50. The molecule has 1 fully saturated rings. The fourth-order valence-corrected chi connectivity index (χ4v) is 2.92. The molecule has 0 spiro atoms. The average molecular weight is 293 g/mol. The summed E-state index contributed by atoms with van der Waals surface area (Å²) in [5.41, 5.74) is -0.127. The number of nitro groups is 2. The number of nitrogens with one attached hydrogen (secondary N) is 1. The molecule has 1 N–H and O–H groups in total. The maximum absolute atomic E-state index is 11.1. The van der Waals surface area contributed by atoms with E-state index in [1.54, 1.807) is 0 Å². The number of hydrogen-bond donors (Lipinski definition) is 1. The number of rotatable bonds is 5. The largest absolute Gasteiger partial charge is 0.377 e. The lowest BCUT2D eigenvalue weighted by atomic mass is 9.84. The van der Waals surface area contributed by atoms with E-state index in [1.807, 2.05) is 0 Å². The third-order valence-electron chi connectivity index (χ3n) is 4.11. The van der Waals surface area contributed by atoms with Crippen molar-refractivity contribution in [1.82, 2.24) is 0 Å². The molecule has 1 aliphatic rings. The fourth-order valence-electron chi connectivity index (χ4n) is 2.92. The van der Waals surface area contributed by atoms with Crippen molar-refractivity contribution in [3.05, 3.63) is 38.4 Å². The molecule has 0 aromatic heterocycles. The van der Waals surface area contributed by atoms with Crippen LogP contribution in [-0.4, -0.2) is 15.9 Å². The van der Waals surface area contributed by atoms with Crippen molar-refractivity contribution >= 4 is 17.1 Å². The van der Waals surface area contributed by atoms with Crippen molar-refractivity contribution in [2.45, 2.75) is 45.1 Å². The summed E-state index contributed by atoms with van der Waals surface area (Å²) in [6.45, 7) is 2.15. The summed E-state index contributed by atoms with van der Waals surface area (Å²) in [6.07, 6.45) is 5.39. The highest BCUT2D eigenvalue weighted by Crippen LogP contribution is 2.33. The molecular formula is C14H19N3O4. The molecule has 114 valence electrons. The van der Waals surface area contributed by atoms with Crippen molar-refractivity contribution < 1.29 is 9.85 Å². The second kappa shape index (κ2) is 6.51. The lowest BCUT2D eigenvalue weighted by Crippen LogP contribution is -2.27. The van der Waals surface area contributed by atoms with Crippen LogP contribution in [0.5, 0.6) is 0 Å². The van der Waals surface area contributed by atoms with Crippen molar-refractivity contribution in [2.75, 3.05) is 5.32 Å². The minimum absolute atomic E-state index is 0.198. The van der Waals surface area contributed by atoms with Crippen molar-refractivity contribution in [3.8, 4) is 0 Å². The van der Waals surface area contributed by atoms with Crippen LogP contribution < -0.4 is 5.32 Å². The Morgan fingerprint density at radius 1 is 1.24 bits per heavy atom. The molecule has 0 amide bonds. The van der Waals surface area contributed by atoms with E-state index in [-0.39, 0.29) is 17.4 Å². The Labute approximate surface area is 122 Å². The average Bonchev–Trinajstić information content (AvgIpc) is 2.47. The van der Waals surface area contributed by atoms with Gasteiger partial charge in [-0.15, -0.1) is 0 Å². The van der Waals surface area contributed by atoms with Crippen LogP contribution in [0.1, 0.15) is 39.0 Å². The SMILES string of the molecule is CCC1CCCC(Nc2ccc([N+](=O)[O-])cc2[N+](=O)[O-])C1. The molecule has 1 aromatic rings. The topological polar surface area (TPSA) is 98.3 Å². The smallest absolute Gasteiger partial charge is 0.299 e. The lowest BCUT2D eigenvalue weighted by molar-refractivity contribution is -0.393. The summed E-state index contributed by atoms with van der Waals surface area (Å²) in [4.78, 5) is 20.6. The number of benzene rings is 1. The molecule has 0 radical (unpaired) electrons. The van der Waals surface area contributed by atoms with Crippen LogP contribution in [0.4, 0.5) is 17.1 Å². The summed E-state index contributed by atoms with van der Waals surface area (Å²) in [6, 6.07) is 3.95. The number of anilines is 1. The van der Waals surface area contributed by atoms with Crippen molar-refractivity contribution in [2.24, 2.45) is 5.92 Å². The van der Waals surface area contributed by atoms with Gasteiger partial charge in [0, 0.05) is 12.1 Å². The van der Waals surface area contributed by atoms with E-state index in [0.717, 1.165) is 31.7 Å². The van der Waals surface area contributed by atoms with E-state index < -0.39 is 9.85 Å². The van der Waals surface area contributed by atoms with Gasteiger partial charge in [0.25, 0.3) is 11.4 Å². The van der Waals surface area contributed by atoms with Crippen molar-refractivity contribution in [1.29, 1.82) is 0 Å². The third-order valence-corrected chi connectivity index (χ3v) is 4.11. The predicted octanol–water partition coefficient (Wildman–Crippen LogP) is 3.88. The summed E-state index contributed by atoms with van der Waals surface area (Å²) in [7, 11) is 0. The van der Waals surface area contributed by atoms with Gasteiger partial charge in [0.05, 0.1) is 15.9 Å². The summed E-state index contributed by atoms with van der Waals surface area (Å²) >= 11 is 0. The standard InChI is InChI=1S/C14H19N3O4/c1-2-10-4-3-5-11(8-10)15-13-7-6-12(16(18)19)9-14(13)17(20)21/h6-7,9-11,15H,2-5,8H2,1H3. The molecule has 2 rings (SSSR count). The van der Waals surface area contributed by atoms with Crippen LogP contribution in [0.15, 0.2) is 18.2 Å². The summed E-state index contributed by atoms with van der Waals surface area (Å²) < 4.78 is 0. The van der Waals surface area contributed by atoms with Gasteiger partial charge < -0.3 is 5.32 Å². The van der Waals surface area contributed by atoms with Crippen LogP contribution in [0.3, 0.4) is 0 Å². The molecule has 1 aliphatic carbocycles. The molecule has 0 saturated heterocycles. The van der Waals surface area contributed by atoms with Crippen LogP contribution >= 0.6 is 0 Å². The number of nitrogens with zero attached hydrogens (tertiary/aromatic N) is 2. The van der Waals surface area contributed by atoms with Gasteiger partial charge in [0.15, 0.2) is 0 Å². The predicted molar refractivity (Wildman–Crippen MR) is 79.4 cm³/mol. The van der Waals surface area contributed by atoms with E-state index in [9.17, 15) is 20.2 Å². The highest BCUT2D eigenvalue weighted by atomic mass is 16.6. The van der Waals surface area contributed by atoms with E-state index in [4.69, 9.17) is 0 Å². The van der Waals surface area contributed by atoms with E-state index in [2.05, 4.69) is 12.2 Å². The minimum Gasteiger partial charge on any atom is -0.377 e. The first kappa shape index (κ1) is 15.2. The third kappa shape index (κ3) is 3.68. The number of non-ortho nitro benzene ring substituents is 1. The Hall–Kier alpha value is -2.18. The zero-order valence-electron chi connectivity index (χ0n) is 11.9. The Morgan fingerprint density at radius 3 is 2.62 bits per heavy atom. The molecule has 21 heavy (non-hydrogen) atoms. The molecule has 0 aliphatic heterocycles. The normalized spacial score (nSPS) is 21.8. The van der Waals surface area contributed by atoms with E-state index in [1.165, 1.54) is 18.6 Å². The van der Waals surface area contributed by atoms with Gasteiger partial charge >= 0.3 is 0 Å². The van der Waals surface area contributed by atoms with Crippen LogP contribution in [0.2, 0.25) is 0 Å². The van der Waals surface area contributed by atoms with Gasteiger partial charge in [0.2, 0.25) is 0 Å². The molecule has 2 atom stereocenters. The maximum atomic E-state index is 11.1. The molecule has 1 saturated carbocycles. The Balaban J connectivity index is 2.19. The highest BCUT2D eigenvalue weighted by molar-refractivity contribution is 5.65. The van der Waals surface area contributed by atoms with Crippen LogP contribution in [-0.2, 0) is 0 Å². The molecule has 2 unspecified atom stereocenters.